The van der Waals surface area contributed by atoms with E-state index in [1.807, 2.05) is 17.5 Å². The molecule has 1 heterocycles. The third-order valence-electron chi connectivity index (χ3n) is 9.81. The Labute approximate surface area is 175 Å². The first kappa shape index (κ1) is 19.5. The van der Waals surface area contributed by atoms with Crippen LogP contribution in [0.2, 0.25) is 0 Å². The maximum absolute atomic E-state index is 10.6. The molecule has 0 aromatic carbocycles. The molecular formula is C25H39NOS. The second-order valence-electron chi connectivity index (χ2n) is 11.4. The van der Waals surface area contributed by atoms with E-state index in [4.69, 9.17) is 0 Å². The van der Waals surface area contributed by atoms with E-state index in [2.05, 4.69) is 25.8 Å². The molecule has 0 aliphatic heterocycles. The molecule has 4 fully saturated rings. The molecule has 1 N–H and O–H groups in total. The summed E-state index contributed by atoms with van der Waals surface area (Å²) in [5, 5.41) is 11.9. The highest BCUT2D eigenvalue weighted by atomic mass is 32.1. The Hall–Kier alpha value is -0.410. The van der Waals surface area contributed by atoms with E-state index in [0.717, 1.165) is 48.3 Å². The van der Waals surface area contributed by atoms with Crippen molar-refractivity contribution in [1.82, 2.24) is 4.98 Å². The van der Waals surface area contributed by atoms with Crippen molar-refractivity contribution in [3.05, 3.63) is 16.1 Å². The number of hydrogen-bond donors (Lipinski definition) is 1. The molecule has 28 heavy (non-hydrogen) atoms. The van der Waals surface area contributed by atoms with E-state index in [0.29, 0.717) is 5.41 Å². The van der Waals surface area contributed by atoms with Crippen molar-refractivity contribution in [2.75, 3.05) is 0 Å². The summed E-state index contributed by atoms with van der Waals surface area (Å²) in [6.45, 7) is 6.92. The van der Waals surface area contributed by atoms with E-state index >= 15 is 0 Å². The van der Waals surface area contributed by atoms with Crippen LogP contribution in [0, 0.1) is 47.8 Å². The lowest BCUT2D eigenvalue weighted by Crippen LogP contribution is -2.50. The molecule has 0 bridgehead atoms. The molecule has 4 aliphatic rings. The quantitative estimate of drug-likeness (QED) is 0.635. The van der Waals surface area contributed by atoms with Crippen LogP contribution in [0.1, 0.15) is 87.9 Å². The van der Waals surface area contributed by atoms with Gasteiger partial charge in [0.1, 0.15) is 0 Å². The van der Waals surface area contributed by atoms with Crippen molar-refractivity contribution in [1.29, 1.82) is 0 Å². The van der Waals surface area contributed by atoms with Crippen LogP contribution >= 0.6 is 11.3 Å². The Kier molecular flexibility index (Phi) is 4.94. The lowest BCUT2D eigenvalue weighted by atomic mass is 9.49. The van der Waals surface area contributed by atoms with Crippen LogP contribution in [0.3, 0.4) is 0 Å². The number of nitrogens with zero attached hydrogens (tertiary/aromatic N) is 1. The molecule has 156 valence electrons. The van der Waals surface area contributed by atoms with Crippen LogP contribution in [0.5, 0.6) is 0 Å². The topological polar surface area (TPSA) is 33.1 Å². The first-order chi connectivity index (χ1) is 13.4. The Morgan fingerprint density at radius 1 is 1.04 bits per heavy atom. The van der Waals surface area contributed by atoms with Crippen molar-refractivity contribution < 1.29 is 5.11 Å². The van der Waals surface area contributed by atoms with Crippen LogP contribution in [0.25, 0.3) is 0 Å². The van der Waals surface area contributed by atoms with Gasteiger partial charge in [-0.3, -0.25) is 0 Å². The lowest BCUT2D eigenvalue weighted by molar-refractivity contribution is -0.0999. The summed E-state index contributed by atoms with van der Waals surface area (Å²) in [6.07, 6.45) is 16.7. The lowest BCUT2D eigenvalue weighted by Gasteiger charge is -2.57. The average molecular weight is 402 g/mol. The number of aryl methyl sites for hydroxylation is 2. The standard InChI is InChI=1S/C25H39NOS/c1-16-15-26-23(28-16)9-6-18-5-8-22-21-7-4-17-14-24(2,27)12-10-19(17)20(21)11-13-25(18,22)3/h15,17-22,27H,4-14H2,1-3H3/t17-,18-,19+,20-,21-,22+,24-,25-/m1/s1. The fraction of sp³-hybridized carbons (Fsp3) is 0.880. The molecular weight excluding hydrogens is 362 g/mol. The number of aromatic nitrogens is 1. The zero-order chi connectivity index (χ0) is 19.5. The minimum Gasteiger partial charge on any atom is -0.390 e. The van der Waals surface area contributed by atoms with E-state index in [9.17, 15) is 5.11 Å². The normalized spacial score (nSPS) is 48.0. The number of hydrogen-bond acceptors (Lipinski definition) is 3. The zero-order valence-electron chi connectivity index (χ0n) is 18.1. The molecule has 5 rings (SSSR count). The van der Waals surface area contributed by atoms with Crippen molar-refractivity contribution in [3.63, 3.8) is 0 Å². The molecule has 2 nitrogen and oxygen atoms in total. The average Bonchev–Trinajstić information content (AvgIpc) is 3.21. The third-order valence-corrected chi connectivity index (χ3v) is 10.8. The molecule has 0 spiro atoms. The molecule has 0 saturated heterocycles. The van der Waals surface area contributed by atoms with E-state index in [1.165, 1.54) is 67.7 Å². The van der Waals surface area contributed by atoms with Gasteiger partial charge in [-0.05, 0) is 125 Å². The highest BCUT2D eigenvalue weighted by Crippen LogP contribution is 2.65. The molecule has 0 radical (unpaired) electrons. The molecule has 8 atom stereocenters. The fourth-order valence-electron chi connectivity index (χ4n) is 8.48. The minimum atomic E-state index is -0.385. The second kappa shape index (κ2) is 7.08. The van der Waals surface area contributed by atoms with Gasteiger partial charge in [0.2, 0.25) is 0 Å². The molecule has 1 aromatic rings. The fourth-order valence-corrected chi connectivity index (χ4v) is 9.28. The van der Waals surface area contributed by atoms with Gasteiger partial charge in [0.25, 0.3) is 0 Å². The van der Waals surface area contributed by atoms with Gasteiger partial charge in [0.15, 0.2) is 0 Å². The van der Waals surface area contributed by atoms with Crippen molar-refractivity contribution in [2.24, 2.45) is 40.9 Å². The summed E-state index contributed by atoms with van der Waals surface area (Å²) in [5.41, 5.74) is 0.199. The van der Waals surface area contributed by atoms with Gasteiger partial charge in [-0.2, -0.15) is 0 Å². The highest BCUT2D eigenvalue weighted by molar-refractivity contribution is 7.11. The van der Waals surface area contributed by atoms with E-state index < -0.39 is 0 Å². The second-order valence-corrected chi connectivity index (χ2v) is 12.7. The number of aliphatic hydroxyl groups is 1. The third kappa shape index (κ3) is 3.29. The maximum Gasteiger partial charge on any atom is 0.0927 e. The highest BCUT2D eigenvalue weighted by Gasteiger charge is 2.57. The first-order valence-corrected chi connectivity index (χ1v) is 12.8. The number of fused-ring (bicyclic) bond motifs is 5. The van der Waals surface area contributed by atoms with Crippen LogP contribution in [0.15, 0.2) is 6.20 Å². The summed E-state index contributed by atoms with van der Waals surface area (Å²) in [5.74, 6) is 5.55. The monoisotopic (exact) mass is 401 g/mol. The number of rotatable bonds is 3. The van der Waals surface area contributed by atoms with Gasteiger partial charge in [0, 0.05) is 11.1 Å². The predicted molar refractivity (Wildman–Crippen MR) is 116 cm³/mol. The van der Waals surface area contributed by atoms with Gasteiger partial charge in [-0.15, -0.1) is 11.3 Å². The minimum absolute atomic E-state index is 0.385. The summed E-state index contributed by atoms with van der Waals surface area (Å²) < 4.78 is 0. The van der Waals surface area contributed by atoms with Crippen LogP contribution in [0.4, 0.5) is 0 Å². The van der Waals surface area contributed by atoms with Gasteiger partial charge in [-0.1, -0.05) is 6.92 Å². The molecule has 4 saturated carbocycles. The van der Waals surface area contributed by atoms with Crippen LogP contribution < -0.4 is 0 Å². The first-order valence-electron chi connectivity index (χ1n) is 12.0. The van der Waals surface area contributed by atoms with E-state index in [1.54, 1.807) is 0 Å². The number of thiazole rings is 1. The van der Waals surface area contributed by atoms with Gasteiger partial charge in [-0.25, -0.2) is 4.98 Å². The van der Waals surface area contributed by atoms with Crippen molar-refractivity contribution >= 4 is 11.3 Å². The van der Waals surface area contributed by atoms with Gasteiger partial charge < -0.3 is 5.11 Å². The zero-order valence-corrected chi connectivity index (χ0v) is 18.9. The Balaban J connectivity index is 1.27. The maximum atomic E-state index is 10.6. The van der Waals surface area contributed by atoms with Gasteiger partial charge in [0.05, 0.1) is 10.6 Å². The summed E-state index contributed by atoms with van der Waals surface area (Å²) in [6, 6.07) is 0. The van der Waals surface area contributed by atoms with Crippen LogP contribution in [-0.4, -0.2) is 15.7 Å². The molecule has 0 unspecified atom stereocenters. The smallest absolute Gasteiger partial charge is 0.0927 e. The molecule has 3 heteroatoms. The SMILES string of the molecule is Cc1cnc(CC[C@H]2CC[C@H]3[C@@H]4CC[C@@H]5C[C@](C)(O)CC[C@@H]5[C@H]4CC[C@]23C)s1. The molecule has 0 amide bonds. The summed E-state index contributed by atoms with van der Waals surface area (Å²) >= 11 is 1.90. The predicted octanol–water partition coefficient (Wildman–Crippen LogP) is 6.40. The largest absolute Gasteiger partial charge is 0.390 e. The summed E-state index contributed by atoms with van der Waals surface area (Å²) in [7, 11) is 0. The Morgan fingerprint density at radius 3 is 2.64 bits per heavy atom. The summed E-state index contributed by atoms with van der Waals surface area (Å²) in [4.78, 5) is 5.98. The molecule has 1 aromatic heterocycles. The van der Waals surface area contributed by atoms with Gasteiger partial charge >= 0.3 is 0 Å². The molecule has 4 aliphatic carbocycles. The Morgan fingerprint density at radius 2 is 1.86 bits per heavy atom. The Bertz CT molecular complexity index is 711. The van der Waals surface area contributed by atoms with E-state index in [-0.39, 0.29) is 5.60 Å². The van der Waals surface area contributed by atoms with Crippen LogP contribution in [-0.2, 0) is 6.42 Å². The van der Waals surface area contributed by atoms with Crippen molar-refractivity contribution in [2.45, 2.75) is 97.0 Å². The van der Waals surface area contributed by atoms with Crippen molar-refractivity contribution in [3.8, 4) is 0 Å².